The second-order valence-corrected chi connectivity index (χ2v) is 6.17. The van der Waals surface area contributed by atoms with Crippen LogP contribution in [0.3, 0.4) is 0 Å². The molecule has 1 aromatic rings. The van der Waals surface area contributed by atoms with Gasteiger partial charge in [-0.15, -0.1) is 0 Å². The molecule has 1 heterocycles. The Morgan fingerprint density at radius 3 is 2.83 bits per heavy atom. The van der Waals surface area contributed by atoms with Crippen molar-refractivity contribution in [1.82, 2.24) is 4.90 Å². The highest BCUT2D eigenvalue weighted by Crippen LogP contribution is 2.33. The van der Waals surface area contributed by atoms with Crippen LogP contribution >= 0.6 is 15.9 Å². The highest BCUT2D eigenvalue weighted by molar-refractivity contribution is 9.10. The summed E-state index contributed by atoms with van der Waals surface area (Å²) in [7, 11) is 0. The van der Waals surface area contributed by atoms with Gasteiger partial charge in [-0.25, -0.2) is 0 Å². The number of hydrogen-bond acceptors (Lipinski definition) is 1. The Kier molecular flexibility index (Phi) is 4.44. The zero-order chi connectivity index (χ0) is 13.1. The van der Waals surface area contributed by atoms with Crippen LogP contribution in [0.15, 0.2) is 28.7 Å². The fourth-order valence-electron chi connectivity index (χ4n) is 2.59. The van der Waals surface area contributed by atoms with Gasteiger partial charge in [0.15, 0.2) is 0 Å². The molecule has 0 aromatic heterocycles. The summed E-state index contributed by atoms with van der Waals surface area (Å²) in [5, 5.41) is 0. The number of carbonyl (C=O) groups excluding carboxylic acids is 1. The van der Waals surface area contributed by atoms with E-state index in [1.807, 2.05) is 26.0 Å². The molecule has 1 unspecified atom stereocenters. The van der Waals surface area contributed by atoms with Crippen molar-refractivity contribution in [2.24, 2.45) is 5.92 Å². The molecule has 0 saturated carbocycles. The van der Waals surface area contributed by atoms with E-state index in [4.69, 9.17) is 0 Å². The first-order valence-corrected chi connectivity index (χ1v) is 7.45. The van der Waals surface area contributed by atoms with Crippen LogP contribution in [0.25, 0.3) is 0 Å². The van der Waals surface area contributed by atoms with Crippen molar-refractivity contribution < 1.29 is 4.79 Å². The summed E-state index contributed by atoms with van der Waals surface area (Å²) in [6, 6.07) is 8.59. The fraction of sp³-hybridized carbons (Fsp3) is 0.533. The monoisotopic (exact) mass is 309 g/mol. The molecule has 2 nitrogen and oxygen atoms in total. The van der Waals surface area contributed by atoms with E-state index in [1.165, 1.54) is 12.0 Å². The summed E-state index contributed by atoms with van der Waals surface area (Å²) in [5.41, 5.74) is 1.25. The number of halogens is 1. The van der Waals surface area contributed by atoms with Gasteiger partial charge in [-0.2, -0.15) is 0 Å². The normalized spacial score (nSPS) is 20.2. The van der Waals surface area contributed by atoms with Gasteiger partial charge in [0.25, 0.3) is 0 Å². The molecule has 0 aliphatic carbocycles. The van der Waals surface area contributed by atoms with Crippen molar-refractivity contribution in [2.75, 3.05) is 6.54 Å². The molecule has 1 aromatic carbocycles. The van der Waals surface area contributed by atoms with Crippen molar-refractivity contribution in [3.8, 4) is 0 Å². The Morgan fingerprint density at radius 1 is 1.39 bits per heavy atom. The van der Waals surface area contributed by atoms with Crippen LogP contribution in [0, 0.1) is 5.92 Å². The molecule has 98 valence electrons. The van der Waals surface area contributed by atoms with Crippen molar-refractivity contribution in [2.45, 2.75) is 39.2 Å². The van der Waals surface area contributed by atoms with E-state index >= 15 is 0 Å². The number of hydrogen-bond donors (Lipinski definition) is 0. The van der Waals surface area contributed by atoms with Gasteiger partial charge in [0.1, 0.15) is 0 Å². The summed E-state index contributed by atoms with van der Waals surface area (Å²) in [6.07, 6.45) is 3.41. The average molecular weight is 310 g/mol. The predicted molar refractivity (Wildman–Crippen MR) is 77.3 cm³/mol. The first-order chi connectivity index (χ1) is 8.59. The molecular formula is C15H20BrNO. The summed E-state index contributed by atoms with van der Waals surface area (Å²) in [4.78, 5) is 14.3. The minimum atomic E-state index is 0.0813. The highest BCUT2D eigenvalue weighted by atomic mass is 79.9. The van der Waals surface area contributed by atoms with Crippen LogP contribution < -0.4 is 0 Å². The molecule has 1 atom stereocenters. The number of likely N-dealkylation sites (tertiary alicyclic amines) is 1. The average Bonchev–Trinajstić information content (AvgIpc) is 2.38. The van der Waals surface area contributed by atoms with Crippen molar-refractivity contribution in [3.63, 3.8) is 0 Å². The quantitative estimate of drug-likeness (QED) is 0.803. The molecule has 0 spiro atoms. The third-order valence-electron chi connectivity index (χ3n) is 3.51. The number of piperidine rings is 1. The maximum absolute atomic E-state index is 12.3. The van der Waals surface area contributed by atoms with Crippen molar-refractivity contribution in [3.05, 3.63) is 34.3 Å². The van der Waals surface area contributed by atoms with E-state index < -0.39 is 0 Å². The van der Waals surface area contributed by atoms with Gasteiger partial charge in [-0.1, -0.05) is 41.9 Å². The van der Waals surface area contributed by atoms with Crippen molar-refractivity contribution >= 4 is 21.8 Å². The lowest BCUT2D eigenvalue weighted by atomic mass is 9.94. The molecule has 2 rings (SSSR count). The molecule has 18 heavy (non-hydrogen) atoms. The lowest BCUT2D eigenvalue weighted by Crippen LogP contribution is -2.40. The molecule has 0 N–H and O–H groups in total. The zero-order valence-corrected chi connectivity index (χ0v) is 12.6. The second-order valence-electron chi connectivity index (χ2n) is 5.25. The minimum absolute atomic E-state index is 0.0813. The van der Waals surface area contributed by atoms with E-state index in [0.29, 0.717) is 0 Å². The molecule has 0 bridgehead atoms. The number of nitrogens with zero attached hydrogens (tertiary/aromatic N) is 1. The highest BCUT2D eigenvalue weighted by Gasteiger charge is 2.29. The van der Waals surface area contributed by atoms with Gasteiger partial charge in [-0.3, -0.25) is 4.79 Å². The first kappa shape index (κ1) is 13.6. The number of carbonyl (C=O) groups is 1. The van der Waals surface area contributed by atoms with Gasteiger partial charge >= 0.3 is 0 Å². The summed E-state index contributed by atoms with van der Waals surface area (Å²) in [5.74, 6) is 0.359. The number of amides is 1. The van der Waals surface area contributed by atoms with Crippen LogP contribution in [0.2, 0.25) is 0 Å². The Morgan fingerprint density at radius 2 is 2.17 bits per heavy atom. The van der Waals surface area contributed by atoms with E-state index in [9.17, 15) is 4.79 Å². The van der Waals surface area contributed by atoms with Crippen LogP contribution in [-0.4, -0.2) is 17.4 Å². The standard InChI is InChI=1S/C15H20BrNO/c1-11(2)15(18)17-9-4-3-8-14(17)12-6-5-7-13(16)10-12/h5-7,10-11,14H,3-4,8-9H2,1-2H3. The Bertz CT molecular complexity index is 430. The van der Waals surface area contributed by atoms with Crippen LogP contribution in [0.1, 0.15) is 44.7 Å². The SMILES string of the molecule is CC(C)C(=O)N1CCCCC1c1cccc(Br)c1. The molecule has 1 amide bonds. The van der Waals surface area contributed by atoms with E-state index in [0.717, 1.165) is 23.9 Å². The lowest BCUT2D eigenvalue weighted by Gasteiger charge is -2.37. The third kappa shape index (κ3) is 2.94. The number of rotatable bonds is 2. The van der Waals surface area contributed by atoms with Gasteiger partial charge < -0.3 is 4.90 Å². The smallest absolute Gasteiger partial charge is 0.225 e. The number of benzene rings is 1. The molecule has 1 aliphatic heterocycles. The largest absolute Gasteiger partial charge is 0.335 e. The van der Waals surface area contributed by atoms with Crippen LogP contribution in [0.5, 0.6) is 0 Å². The first-order valence-electron chi connectivity index (χ1n) is 6.65. The second kappa shape index (κ2) is 5.87. The zero-order valence-electron chi connectivity index (χ0n) is 11.0. The van der Waals surface area contributed by atoms with Gasteiger partial charge in [0.05, 0.1) is 6.04 Å². The lowest BCUT2D eigenvalue weighted by molar-refractivity contribution is -0.138. The maximum Gasteiger partial charge on any atom is 0.225 e. The third-order valence-corrected chi connectivity index (χ3v) is 4.01. The summed E-state index contributed by atoms with van der Waals surface area (Å²) >= 11 is 3.51. The van der Waals surface area contributed by atoms with Crippen LogP contribution in [0.4, 0.5) is 0 Å². The van der Waals surface area contributed by atoms with E-state index in [-0.39, 0.29) is 17.9 Å². The Balaban J connectivity index is 2.25. The molecule has 0 radical (unpaired) electrons. The topological polar surface area (TPSA) is 20.3 Å². The summed E-state index contributed by atoms with van der Waals surface area (Å²) < 4.78 is 1.09. The van der Waals surface area contributed by atoms with Gasteiger partial charge in [-0.05, 0) is 37.0 Å². The molecule has 1 fully saturated rings. The van der Waals surface area contributed by atoms with Gasteiger partial charge in [0, 0.05) is 16.9 Å². The fourth-order valence-corrected chi connectivity index (χ4v) is 3.00. The maximum atomic E-state index is 12.3. The van der Waals surface area contributed by atoms with Gasteiger partial charge in [0.2, 0.25) is 5.91 Å². The van der Waals surface area contributed by atoms with Crippen molar-refractivity contribution in [1.29, 1.82) is 0 Å². The molecule has 1 saturated heterocycles. The van der Waals surface area contributed by atoms with Crippen LogP contribution in [-0.2, 0) is 4.79 Å². The Hall–Kier alpha value is -0.830. The molecule has 3 heteroatoms. The predicted octanol–water partition coefficient (Wildman–Crippen LogP) is 4.16. The van der Waals surface area contributed by atoms with E-state index in [1.54, 1.807) is 0 Å². The summed E-state index contributed by atoms with van der Waals surface area (Å²) in [6.45, 7) is 4.86. The Labute approximate surface area is 117 Å². The minimum Gasteiger partial charge on any atom is -0.335 e. The molecular weight excluding hydrogens is 290 g/mol. The molecule has 1 aliphatic rings. The van der Waals surface area contributed by atoms with E-state index in [2.05, 4.69) is 33.0 Å².